The molecular formula is C8H16N6O3. The summed E-state index contributed by atoms with van der Waals surface area (Å²) < 4.78 is 4.69. The van der Waals surface area contributed by atoms with Gasteiger partial charge in [-0.1, -0.05) is 0 Å². The maximum atomic E-state index is 11.4. The summed E-state index contributed by atoms with van der Waals surface area (Å²) in [6.07, 6.45) is 0. The molecule has 0 saturated heterocycles. The van der Waals surface area contributed by atoms with Gasteiger partial charge in [-0.25, -0.2) is 5.53 Å². The minimum absolute atomic E-state index is 0.0000749. The van der Waals surface area contributed by atoms with Crippen LogP contribution in [0.3, 0.4) is 0 Å². The normalized spacial score (nSPS) is 14.0. The molecule has 4 N–H and O–H groups in total. The van der Waals surface area contributed by atoms with Crippen LogP contribution in [0, 0.1) is 0 Å². The molecule has 0 aromatic heterocycles. The molecule has 0 aliphatic carbocycles. The van der Waals surface area contributed by atoms with E-state index in [1.165, 1.54) is 5.01 Å². The first-order chi connectivity index (χ1) is 8.13. The molecule has 9 heteroatoms. The van der Waals surface area contributed by atoms with Gasteiger partial charge in [0.05, 0.1) is 19.7 Å². The Labute approximate surface area is 98.5 Å². The molecule has 1 aliphatic rings. The van der Waals surface area contributed by atoms with E-state index in [2.05, 4.69) is 31.5 Å². The number of esters is 1. The highest BCUT2D eigenvalue weighted by Gasteiger charge is 2.14. The molecule has 17 heavy (non-hydrogen) atoms. The number of nitrogens with one attached hydrogen (secondary N) is 4. The lowest BCUT2D eigenvalue weighted by Gasteiger charge is -2.12. The van der Waals surface area contributed by atoms with Crippen LogP contribution >= 0.6 is 0 Å². The Morgan fingerprint density at radius 1 is 1.47 bits per heavy atom. The summed E-state index contributed by atoms with van der Waals surface area (Å²) in [5.74, 6) is -0.336. The van der Waals surface area contributed by atoms with E-state index in [4.69, 9.17) is 0 Å². The molecule has 0 radical (unpaired) electrons. The Kier molecular flexibility index (Phi) is 5.17. The van der Waals surface area contributed by atoms with Crippen molar-refractivity contribution in [2.24, 2.45) is 5.10 Å². The van der Waals surface area contributed by atoms with Gasteiger partial charge < -0.3 is 4.74 Å². The van der Waals surface area contributed by atoms with Crippen LogP contribution in [0.2, 0.25) is 0 Å². The fraction of sp³-hybridized carbons (Fsp3) is 0.625. The summed E-state index contributed by atoms with van der Waals surface area (Å²) in [4.78, 5) is 22.3. The van der Waals surface area contributed by atoms with Crippen molar-refractivity contribution in [3.05, 3.63) is 0 Å². The zero-order chi connectivity index (χ0) is 12.7. The third kappa shape index (κ3) is 4.66. The van der Waals surface area contributed by atoms with Crippen LogP contribution in [0.25, 0.3) is 0 Å². The van der Waals surface area contributed by atoms with Crippen LogP contribution in [0.4, 0.5) is 0 Å². The molecular weight excluding hydrogens is 228 g/mol. The number of guanidine groups is 1. The highest BCUT2D eigenvalue weighted by atomic mass is 16.5. The first-order valence-electron chi connectivity index (χ1n) is 5.11. The second-order valence-electron chi connectivity index (χ2n) is 3.17. The molecule has 0 aromatic carbocycles. The monoisotopic (exact) mass is 244 g/mol. The summed E-state index contributed by atoms with van der Waals surface area (Å²) >= 11 is 0. The van der Waals surface area contributed by atoms with E-state index < -0.39 is 0 Å². The molecule has 9 nitrogen and oxygen atoms in total. The van der Waals surface area contributed by atoms with Crippen molar-refractivity contribution in [3.63, 3.8) is 0 Å². The zero-order valence-electron chi connectivity index (χ0n) is 9.74. The smallest absolute Gasteiger partial charge is 0.319 e. The number of ether oxygens (including phenoxy) is 1. The van der Waals surface area contributed by atoms with Crippen molar-refractivity contribution in [2.75, 3.05) is 26.7 Å². The lowest BCUT2D eigenvalue weighted by molar-refractivity contribution is -0.142. The Morgan fingerprint density at radius 2 is 2.24 bits per heavy atom. The van der Waals surface area contributed by atoms with Crippen LogP contribution in [-0.4, -0.2) is 49.6 Å². The van der Waals surface area contributed by atoms with Gasteiger partial charge in [-0.3, -0.25) is 25.2 Å². The van der Waals surface area contributed by atoms with Crippen molar-refractivity contribution in [3.8, 4) is 0 Å². The van der Waals surface area contributed by atoms with Crippen LogP contribution in [-0.2, 0) is 14.3 Å². The third-order valence-corrected chi connectivity index (χ3v) is 1.81. The van der Waals surface area contributed by atoms with E-state index in [0.717, 1.165) is 0 Å². The quantitative estimate of drug-likeness (QED) is 0.395. The van der Waals surface area contributed by atoms with Gasteiger partial charge in [-0.15, -0.1) is 10.6 Å². The van der Waals surface area contributed by atoms with E-state index in [-0.39, 0.29) is 25.0 Å². The zero-order valence-corrected chi connectivity index (χ0v) is 9.74. The van der Waals surface area contributed by atoms with Gasteiger partial charge in [0.1, 0.15) is 0 Å². The molecule has 0 fully saturated rings. The van der Waals surface area contributed by atoms with Gasteiger partial charge in [-0.05, 0) is 6.92 Å². The minimum atomic E-state index is -0.390. The second-order valence-corrected chi connectivity index (χ2v) is 3.17. The lowest BCUT2D eigenvalue weighted by Crippen LogP contribution is -2.47. The number of amides is 1. The largest absolute Gasteiger partial charge is 0.465 e. The average molecular weight is 244 g/mol. The summed E-state index contributed by atoms with van der Waals surface area (Å²) in [7, 11) is 1.69. The van der Waals surface area contributed by atoms with Crippen LogP contribution in [0.1, 0.15) is 6.92 Å². The molecule has 1 aliphatic heterocycles. The van der Waals surface area contributed by atoms with Crippen LogP contribution in [0.15, 0.2) is 5.10 Å². The van der Waals surface area contributed by atoms with Crippen LogP contribution in [0.5, 0.6) is 0 Å². The maximum absolute atomic E-state index is 11.4. The number of carbonyl (C=O) groups excluding carboxylic acids is 2. The Hall–Kier alpha value is -1.87. The molecule has 0 saturated carbocycles. The number of nitrogens with zero attached hydrogens (tertiary/aromatic N) is 2. The fourth-order valence-corrected chi connectivity index (χ4v) is 1.05. The summed E-state index contributed by atoms with van der Waals surface area (Å²) in [6.45, 7) is 2.05. The van der Waals surface area contributed by atoms with E-state index in [1.54, 1.807) is 14.0 Å². The summed E-state index contributed by atoms with van der Waals surface area (Å²) in [5, 5.41) is 10.5. The number of hydrazine groups is 2. The van der Waals surface area contributed by atoms with Crippen molar-refractivity contribution < 1.29 is 14.3 Å². The van der Waals surface area contributed by atoms with Crippen molar-refractivity contribution in [1.82, 2.24) is 26.7 Å². The Morgan fingerprint density at radius 3 is 2.82 bits per heavy atom. The molecule has 96 valence electrons. The Bertz CT molecular complexity index is 318. The van der Waals surface area contributed by atoms with Gasteiger partial charge in [-0.2, -0.15) is 0 Å². The SMILES string of the molecule is CCOC(=O)CNCC(=O)NC1=NNNN1C. The molecule has 0 aromatic rings. The standard InChI is InChI=1S/C8H16N6O3/c1-3-17-7(16)5-9-4-6(15)10-8-11-12-13-14(8)2/h9,12-13H,3-5H2,1-2H3,(H,10,11,15). The molecule has 0 bridgehead atoms. The predicted molar refractivity (Wildman–Crippen MR) is 59.1 cm³/mol. The van der Waals surface area contributed by atoms with Gasteiger partial charge in [0.25, 0.3) is 0 Å². The molecule has 0 unspecified atom stereocenters. The topological polar surface area (TPSA) is 107 Å². The Balaban J connectivity index is 2.15. The van der Waals surface area contributed by atoms with Gasteiger partial charge in [0, 0.05) is 7.05 Å². The first-order valence-corrected chi connectivity index (χ1v) is 5.11. The van der Waals surface area contributed by atoms with Gasteiger partial charge in [0.2, 0.25) is 11.9 Å². The van der Waals surface area contributed by atoms with E-state index in [0.29, 0.717) is 12.6 Å². The molecule has 1 heterocycles. The molecule has 0 spiro atoms. The number of hydrazone groups is 1. The van der Waals surface area contributed by atoms with Crippen molar-refractivity contribution in [1.29, 1.82) is 0 Å². The number of rotatable bonds is 5. The van der Waals surface area contributed by atoms with E-state index in [1.807, 2.05) is 0 Å². The summed E-state index contributed by atoms with van der Waals surface area (Å²) in [5.41, 5.74) is 5.11. The lowest BCUT2D eigenvalue weighted by atomic mass is 10.5. The third-order valence-electron chi connectivity index (χ3n) is 1.81. The highest BCUT2D eigenvalue weighted by molar-refractivity contribution is 5.97. The number of hydrogen-bond acceptors (Lipinski definition) is 8. The molecule has 1 amide bonds. The fourth-order valence-electron chi connectivity index (χ4n) is 1.05. The number of carbonyl (C=O) groups is 2. The average Bonchev–Trinajstić information content (AvgIpc) is 2.65. The predicted octanol–water partition coefficient (Wildman–Crippen LogP) is -2.52. The first kappa shape index (κ1) is 13.2. The molecule has 1 rings (SSSR count). The van der Waals surface area contributed by atoms with Crippen molar-refractivity contribution in [2.45, 2.75) is 6.92 Å². The summed E-state index contributed by atoms with van der Waals surface area (Å²) in [6, 6.07) is 0. The minimum Gasteiger partial charge on any atom is -0.465 e. The molecule has 0 atom stereocenters. The van der Waals surface area contributed by atoms with Crippen LogP contribution < -0.4 is 21.7 Å². The second kappa shape index (κ2) is 6.66. The van der Waals surface area contributed by atoms with Crippen molar-refractivity contribution >= 4 is 17.8 Å². The maximum Gasteiger partial charge on any atom is 0.319 e. The van der Waals surface area contributed by atoms with E-state index >= 15 is 0 Å². The van der Waals surface area contributed by atoms with Gasteiger partial charge >= 0.3 is 5.97 Å². The number of hydrogen-bond donors (Lipinski definition) is 4. The van der Waals surface area contributed by atoms with E-state index in [9.17, 15) is 9.59 Å². The highest BCUT2D eigenvalue weighted by Crippen LogP contribution is 1.83. The van der Waals surface area contributed by atoms with Gasteiger partial charge in [0.15, 0.2) is 0 Å².